The Morgan fingerprint density at radius 1 is 0.900 bits per heavy atom. The summed E-state index contributed by atoms with van der Waals surface area (Å²) in [7, 11) is 0. The molecule has 0 aliphatic carbocycles. The fourth-order valence-electron chi connectivity index (χ4n) is 3.52. The van der Waals surface area contributed by atoms with Gasteiger partial charge in [-0.05, 0) is 35.7 Å². The third-order valence-electron chi connectivity index (χ3n) is 5.06. The topological polar surface area (TPSA) is 49.3 Å². The maximum atomic E-state index is 4.89. The van der Waals surface area contributed by atoms with E-state index >= 15 is 0 Å². The molecule has 0 saturated heterocycles. The Morgan fingerprint density at radius 3 is 2.60 bits per heavy atom. The Labute approximate surface area is 184 Å². The normalized spacial score (nSPS) is 15.9. The third kappa shape index (κ3) is 4.35. The molecule has 4 aromatic rings. The number of thioether (sulfide) groups is 1. The molecule has 0 radical (unpaired) electrons. The Hall–Kier alpha value is -2.83. The summed E-state index contributed by atoms with van der Waals surface area (Å²) in [6.07, 6.45) is 0.916. The molecular formula is C24H22N4S2. The molecule has 1 aromatic heterocycles. The highest BCUT2D eigenvalue weighted by Crippen LogP contribution is 2.31. The molecule has 0 amide bonds. The fourth-order valence-corrected chi connectivity index (χ4v) is 5.37. The van der Waals surface area contributed by atoms with E-state index in [-0.39, 0.29) is 6.04 Å². The Balaban J connectivity index is 1.23. The lowest BCUT2D eigenvalue weighted by Gasteiger charge is -2.11. The van der Waals surface area contributed by atoms with Crippen LogP contribution in [-0.2, 0) is 6.42 Å². The molecule has 0 fully saturated rings. The van der Waals surface area contributed by atoms with Crippen LogP contribution in [-0.4, -0.2) is 22.4 Å². The molecule has 6 heteroatoms. The zero-order valence-corrected chi connectivity index (χ0v) is 18.0. The average molecular weight is 431 g/mol. The minimum Gasteiger partial charge on any atom is -0.361 e. The van der Waals surface area contributed by atoms with Gasteiger partial charge in [-0.2, -0.15) is 0 Å². The van der Waals surface area contributed by atoms with Gasteiger partial charge in [-0.25, -0.2) is 4.98 Å². The highest BCUT2D eigenvalue weighted by molar-refractivity contribution is 8.14. The van der Waals surface area contributed by atoms with E-state index in [2.05, 4.69) is 82.3 Å². The molecule has 5 rings (SSSR count). The van der Waals surface area contributed by atoms with Crippen molar-refractivity contribution in [2.24, 2.45) is 4.99 Å². The number of hydrogen-bond donors (Lipinski definition) is 2. The molecule has 3 aromatic carbocycles. The van der Waals surface area contributed by atoms with Crippen molar-refractivity contribution in [3.05, 3.63) is 90.0 Å². The van der Waals surface area contributed by atoms with Crippen molar-refractivity contribution in [2.75, 3.05) is 22.9 Å². The van der Waals surface area contributed by atoms with Crippen LogP contribution in [0, 0.1) is 0 Å². The van der Waals surface area contributed by atoms with E-state index in [0.717, 1.165) is 40.2 Å². The van der Waals surface area contributed by atoms with Crippen LogP contribution in [0.25, 0.3) is 10.2 Å². The number of anilines is 2. The van der Waals surface area contributed by atoms with Crippen molar-refractivity contribution in [3.8, 4) is 0 Å². The molecule has 1 atom stereocenters. The summed E-state index contributed by atoms with van der Waals surface area (Å²) in [5.41, 5.74) is 4.73. The fraction of sp³-hybridized carbons (Fsp3) is 0.167. The van der Waals surface area contributed by atoms with Gasteiger partial charge in [-0.1, -0.05) is 83.8 Å². The van der Waals surface area contributed by atoms with Gasteiger partial charge in [0.2, 0.25) is 0 Å². The van der Waals surface area contributed by atoms with Gasteiger partial charge >= 0.3 is 0 Å². The second-order valence-corrected chi connectivity index (χ2v) is 9.16. The Morgan fingerprint density at radius 2 is 1.70 bits per heavy atom. The number of rotatable bonds is 6. The number of amidine groups is 1. The number of benzene rings is 3. The molecular weight excluding hydrogens is 408 g/mol. The lowest BCUT2D eigenvalue weighted by molar-refractivity contribution is 0.849. The average Bonchev–Trinajstić information content (AvgIpc) is 3.42. The molecule has 0 bridgehead atoms. The zero-order valence-electron chi connectivity index (χ0n) is 16.4. The predicted octanol–water partition coefficient (Wildman–Crippen LogP) is 6.21. The highest BCUT2D eigenvalue weighted by Gasteiger charge is 2.20. The van der Waals surface area contributed by atoms with Crippen molar-refractivity contribution in [1.29, 1.82) is 0 Å². The first-order chi connectivity index (χ1) is 14.8. The van der Waals surface area contributed by atoms with Gasteiger partial charge in [0.1, 0.15) is 0 Å². The quantitative estimate of drug-likeness (QED) is 0.382. The van der Waals surface area contributed by atoms with Crippen molar-refractivity contribution in [2.45, 2.75) is 12.5 Å². The van der Waals surface area contributed by atoms with Crippen LogP contribution in [0.15, 0.2) is 83.9 Å². The van der Waals surface area contributed by atoms with Crippen LogP contribution in [0.3, 0.4) is 0 Å². The Bertz CT molecular complexity index is 1140. The largest absolute Gasteiger partial charge is 0.361 e. The smallest absolute Gasteiger partial charge is 0.183 e. The first-order valence-electron chi connectivity index (χ1n) is 10.0. The van der Waals surface area contributed by atoms with Crippen molar-refractivity contribution in [3.63, 3.8) is 0 Å². The van der Waals surface area contributed by atoms with E-state index in [1.165, 1.54) is 15.8 Å². The molecule has 0 saturated carbocycles. The molecule has 0 spiro atoms. The van der Waals surface area contributed by atoms with Crippen LogP contribution in [0.4, 0.5) is 10.8 Å². The van der Waals surface area contributed by atoms with Gasteiger partial charge in [-0.3, -0.25) is 4.99 Å². The number of nitrogens with zero attached hydrogens (tertiary/aromatic N) is 2. The van der Waals surface area contributed by atoms with Crippen LogP contribution in [0.5, 0.6) is 0 Å². The monoisotopic (exact) mass is 430 g/mol. The first kappa shape index (κ1) is 19.2. The van der Waals surface area contributed by atoms with E-state index in [9.17, 15) is 0 Å². The van der Waals surface area contributed by atoms with Crippen LogP contribution >= 0.6 is 23.1 Å². The van der Waals surface area contributed by atoms with Crippen molar-refractivity contribution >= 4 is 49.3 Å². The summed E-state index contributed by atoms with van der Waals surface area (Å²) in [4.78, 5) is 9.55. The third-order valence-corrected chi connectivity index (χ3v) is 7.02. The van der Waals surface area contributed by atoms with Gasteiger partial charge in [0.05, 0.1) is 16.3 Å². The SMILES string of the molecule is c1ccc([C@H]2CSC(Nc3ccccc3CCNc3nc4ccccc4s3)=N2)cc1. The molecule has 150 valence electrons. The van der Waals surface area contributed by atoms with Crippen LogP contribution < -0.4 is 10.6 Å². The summed E-state index contributed by atoms with van der Waals surface area (Å²) < 4.78 is 1.21. The number of aliphatic imine (C=N–C) groups is 1. The predicted molar refractivity (Wildman–Crippen MR) is 131 cm³/mol. The van der Waals surface area contributed by atoms with Gasteiger partial charge in [-0.15, -0.1) is 0 Å². The van der Waals surface area contributed by atoms with Gasteiger partial charge in [0.25, 0.3) is 0 Å². The number of para-hydroxylation sites is 2. The van der Waals surface area contributed by atoms with E-state index < -0.39 is 0 Å². The summed E-state index contributed by atoms with van der Waals surface area (Å²) in [6.45, 7) is 0.838. The second kappa shape index (κ2) is 8.90. The van der Waals surface area contributed by atoms with Gasteiger partial charge in [0.15, 0.2) is 10.3 Å². The molecule has 4 nitrogen and oxygen atoms in total. The lowest BCUT2D eigenvalue weighted by atomic mass is 10.1. The number of hydrogen-bond acceptors (Lipinski definition) is 6. The lowest BCUT2D eigenvalue weighted by Crippen LogP contribution is -2.10. The van der Waals surface area contributed by atoms with E-state index in [0.29, 0.717) is 0 Å². The van der Waals surface area contributed by atoms with E-state index in [1.54, 1.807) is 23.1 Å². The summed E-state index contributed by atoms with van der Waals surface area (Å²) >= 11 is 3.49. The zero-order chi connectivity index (χ0) is 20.2. The maximum Gasteiger partial charge on any atom is 0.183 e. The van der Waals surface area contributed by atoms with Crippen molar-refractivity contribution in [1.82, 2.24) is 4.98 Å². The van der Waals surface area contributed by atoms with Gasteiger partial charge < -0.3 is 10.6 Å². The summed E-state index contributed by atoms with van der Waals surface area (Å²) in [5.74, 6) is 0.980. The highest BCUT2D eigenvalue weighted by atomic mass is 32.2. The summed E-state index contributed by atoms with van der Waals surface area (Å²) in [5, 5.41) is 9.00. The molecule has 1 aliphatic rings. The molecule has 1 aliphatic heterocycles. The standard InChI is InChI=1S/C24H22N4S2/c1-2-8-17(9-3-1)21-16-29-24(28-21)26-19-11-5-4-10-18(19)14-15-25-23-27-20-12-6-7-13-22(20)30-23/h1-13,21H,14-16H2,(H,25,27)(H,26,28)/t21-/m1/s1. The number of aromatic nitrogens is 1. The molecule has 2 heterocycles. The van der Waals surface area contributed by atoms with Crippen LogP contribution in [0.2, 0.25) is 0 Å². The summed E-state index contributed by atoms with van der Waals surface area (Å²) in [6, 6.07) is 27.5. The number of nitrogens with one attached hydrogen (secondary N) is 2. The maximum absolute atomic E-state index is 4.89. The van der Waals surface area contributed by atoms with Crippen molar-refractivity contribution < 1.29 is 0 Å². The molecule has 30 heavy (non-hydrogen) atoms. The van der Waals surface area contributed by atoms with E-state index in [4.69, 9.17) is 4.99 Å². The number of fused-ring (bicyclic) bond motifs is 1. The second-order valence-electron chi connectivity index (χ2n) is 7.12. The van der Waals surface area contributed by atoms with Crippen LogP contribution in [0.1, 0.15) is 17.2 Å². The minimum absolute atomic E-state index is 0.228. The molecule has 2 N–H and O–H groups in total. The molecule has 0 unspecified atom stereocenters. The minimum atomic E-state index is 0.228. The van der Waals surface area contributed by atoms with E-state index in [1.807, 2.05) is 12.1 Å². The first-order valence-corrected chi connectivity index (χ1v) is 11.9. The van der Waals surface area contributed by atoms with Gasteiger partial charge in [0, 0.05) is 18.0 Å². The number of thiazole rings is 1. The Kier molecular flexibility index (Phi) is 5.68.